The summed E-state index contributed by atoms with van der Waals surface area (Å²) in [6.07, 6.45) is 4.23. The lowest BCUT2D eigenvalue weighted by molar-refractivity contribution is -0.775. The lowest BCUT2D eigenvalue weighted by Crippen LogP contribution is -2.61. The van der Waals surface area contributed by atoms with Gasteiger partial charge < -0.3 is 23.8 Å². The van der Waals surface area contributed by atoms with Crippen molar-refractivity contribution in [2.45, 2.75) is 44.7 Å². The Morgan fingerprint density at radius 1 is 0.831 bits per heavy atom. The van der Waals surface area contributed by atoms with Crippen molar-refractivity contribution in [3.63, 3.8) is 0 Å². The van der Waals surface area contributed by atoms with Crippen molar-refractivity contribution in [2.24, 2.45) is 0 Å². The minimum absolute atomic E-state index is 0.0356. The molecule has 4 amide bonds. The first-order valence-electron chi connectivity index (χ1n) is 21.0. The number of ether oxygens (including phenoxy) is 2. The van der Waals surface area contributed by atoms with Gasteiger partial charge in [-0.15, -0.1) is 0 Å². The highest BCUT2D eigenvalue weighted by molar-refractivity contribution is 6.31. The minimum Gasteiger partial charge on any atom is -0.496 e. The molecule has 2 fully saturated rings. The number of pyridine rings is 2. The van der Waals surface area contributed by atoms with E-state index in [1.807, 2.05) is 43.3 Å². The van der Waals surface area contributed by atoms with Gasteiger partial charge in [-0.3, -0.25) is 10.1 Å². The quantitative estimate of drug-likeness (QED) is 0.111. The van der Waals surface area contributed by atoms with E-state index in [0.717, 1.165) is 11.9 Å². The van der Waals surface area contributed by atoms with Crippen molar-refractivity contribution in [3.8, 4) is 34.3 Å². The van der Waals surface area contributed by atoms with E-state index in [-0.39, 0.29) is 51.8 Å². The van der Waals surface area contributed by atoms with Gasteiger partial charge in [-0.2, -0.15) is 4.48 Å². The van der Waals surface area contributed by atoms with E-state index in [1.54, 1.807) is 54.6 Å². The molecule has 0 aliphatic carbocycles. The first kappa shape index (κ1) is 42.0. The number of carbonyl (C=O) groups excluding carboxylic acids is 3. The van der Waals surface area contributed by atoms with E-state index < -0.39 is 28.3 Å². The van der Waals surface area contributed by atoms with Gasteiger partial charge >= 0.3 is 11.9 Å². The van der Waals surface area contributed by atoms with Crippen LogP contribution in [0.5, 0.6) is 11.5 Å². The largest absolute Gasteiger partial charge is 0.496 e. The van der Waals surface area contributed by atoms with Gasteiger partial charge in [0.1, 0.15) is 45.2 Å². The number of H-pyrrole nitrogens is 1. The zero-order chi connectivity index (χ0) is 45.1. The molecule has 2 saturated heterocycles. The molecular weight excluding hydrogens is 874 g/mol. The number of urea groups is 1. The number of hydrogen-bond acceptors (Lipinski definition) is 10. The van der Waals surface area contributed by atoms with Crippen molar-refractivity contribution in [1.29, 1.82) is 0 Å². The number of nitrogens with zero attached hydrogens (tertiary/aromatic N) is 6. The van der Waals surface area contributed by atoms with Gasteiger partial charge in [-0.05, 0) is 80.4 Å². The van der Waals surface area contributed by atoms with Gasteiger partial charge in [-0.25, -0.2) is 33.9 Å². The fourth-order valence-corrected chi connectivity index (χ4v) is 9.74. The number of aromatic nitrogens is 5. The molecule has 4 aromatic carbocycles. The number of anilines is 1. The zero-order valence-corrected chi connectivity index (χ0v) is 36.8. The predicted octanol–water partition coefficient (Wildman–Crippen LogP) is 10.8. The van der Waals surface area contributed by atoms with E-state index in [4.69, 9.17) is 42.1 Å². The van der Waals surface area contributed by atoms with Gasteiger partial charge in [-0.1, -0.05) is 47.5 Å². The molecule has 0 bridgehead atoms. The molecule has 6 heterocycles. The Kier molecular flexibility index (Phi) is 10.7. The maximum atomic E-state index is 15.9. The summed E-state index contributed by atoms with van der Waals surface area (Å²) in [5, 5.41) is 5.39. The van der Waals surface area contributed by atoms with Crippen LogP contribution in [0.1, 0.15) is 65.5 Å². The number of imidazole rings is 1. The third-order valence-electron chi connectivity index (χ3n) is 12.6. The number of quaternary nitrogens is 1. The number of amides is 4. The van der Waals surface area contributed by atoms with E-state index in [1.165, 1.54) is 19.2 Å². The van der Waals surface area contributed by atoms with Crippen LogP contribution < -0.4 is 14.8 Å². The van der Waals surface area contributed by atoms with Crippen LogP contribution in [0.15, 0.2) is 95.5 Å². The number of hydrogen-bond donors (Lipinski definition) is 2. The summed E-state index contributed by atoms with van der Waals surface area (Å²) in [6, 6.07) is 22.4. The van der Waals surface area contributed by atoms with Gasteiger partial charge in [0.05, 0.1) is 49.7 Å². The van der Waals surface area contributed by atoms with Crippen LogP contribution in [0.25, 0.3) is 55.4 Å². The number of rotatable bonds is 8. The Morgan fingerprint density at radius 3 is 2.20 bits per heavy atom. The molecule has 10 rings (SSSR count). The normalized spacial score (nSPS) is 18.5. The highest BCUT2D eigenvalue weighted by atomic mass is 35.5. The van der Waals surface area contributed by atoms with Gasteiger partial charge in [0.15, 0.2) is 11.5 Å². The monoisotopic (exact) mass is 913 g/mol. The fraction of sp³-hybridized carbons (Fsp3) is 0.229. The van der Waals surface area contributed by atoms with Crippen LogP contribution in [0, 0.1) is 5.82 Å². The fourth-order valence-electron chi connectivity index (χ4n) is 9.36. The Labute approximate surface area is 380 Å². The molecular formula is C48H40Cl2FN8O6+. The van der Waals surface area contributed by atoms with Gasteiger partial charge in [0.25, 0.3) is 5.91 Å². The molecule has 65 heavy (non-hydrogen) atoms. The summed E-state index contributed by atoms with van der Waals surface area (Å²) in [5.41, 5.74) is 2.62. The summed E-state index contributed by atoms with van der Waals surface area (Å²) in [6.45, 7) is 2.55. The summed E-state index contributed by atoms with van der Waals surface area (Å²) in [4.78, 5) is 66.2. The van der Waals surface area contributed by atoms with Crippen molar-refractivity contribution < 1.29 is 37.1 Å². The molecule has 0 saturated carbocycles. The smallest absolute Gasteiger partial charge is 0.429 e. The van der Waals surface area contributed by atoms with Crippen LogP contribution in [-0.2, 0) is 0 Å². The number of halogens is 3. The molecule has 2 aliphatic rings. The number of nitrogens with one attached hydrogen (secondary N) is 2. The molecule has 0 radical (unpaired) electrons. The number of benzene rings is 4. The SMILES string of the molecule is COc1cccc2c(C(=O)N3CCC[C@H]3c3nc4ccc(-c5cnc(-c6ccc(NC(=O)[N+]7(C(=O)c8nc(Cl)cc9c(OC)cccc89)CCC[C@H]7C)c(F)c6)o5)cc4[nH]3)nc(Cl)cc12. The average Bonchev–Trinajstić information content (AvgIpc) is 4.15. The van der Waals surface area contributed by atoms with E-state index in [2.05, 4.69) is 25.3 Å². The Hall–Kier alpha value is -6.94. The van der Waals surface area contributed by atoms with Crippen LogP contribution in [-0.4, -0.2) is 85.5 Å². The Balaban J connectivity index is 0.876. The topological polar surface area (TPSA) is 165 Å². The molecule has 2 aliphatic heterocycles. The first-order valence-corrected chi connectivity index (χ1v) is 21.8. The van der Waals surface area contributed by atoms with Gasteiger partial charge in [0, 0.05) is 52.1 Å². The Morgan fingerprint density at radius 2 is 1.52 bits per heavy atom. The highest BCUT2D eigenvalue weighted by Gasteiger charge is 2.54. The average molecular weight is 915 g/mol. The number of likely N-dealkylation sites (tertiary alicyclic amines) is 2. The highest BCUT2D eigenvalue weighted by Crippen LogP contribution is 2.39. The summed E-state index contributed by atoms with van der Waals surface area (Å²) < 4.78 is 32.5. The number of fused-ring (bicyclic) bond motifs is 3. The second kappa shape index (κ2) is 16.6. The maximum absolute atomic E-state index is 15.9. The molecule has 1 unspecified atom stereocenters. The zero-order valence-electron chi connectivity index (χ0n) is 35.3. The number of imide groups is 1. The predicted molar refractivity (Wildman–Crippen MR) is 244 cm³/mol. The third-order valence-corrected chi connectivity index (χ3v) is 13.0. The maximum Gasteiger partial charge on any atom is 0.429 e. The van der Waals surface area contributed by atoms with Crippen LogP contribution in [0.3, 0.4) is 0 Å². The van der Waals surface area contributed by atoms with Crippen LogP contribution in [0.2, 0.25) is 10.3 Å². The van der Waals surface area contributed by atoms with Crippen molar-refractivity contribution in [2.75, 3.05) is 32.6 Å². The standard InChI is InChI=1S/C48H39Cl2FN8O6/c1-25-8-7-19-59(25,47(61)43-29-10-5-13-38(64-3)31(29)23-41(50)57-43)48(62)55-33-16-15-27(20-32(33)51)45-52-24-39(65-45)26-14-17-34-35(21-26)54-44(53-34)36-11-6-18-58(36)46(60)42-28-9-4-12-37(63-2)30(28)22-40(49)56-42/h4-5,9-10,12-17,20-25,36H,6-8,11,18-19H2,1-3H3,(H-,52,53,54,55,56,57,60,61,62)/p+1/t25-,36+,59?/m1/s1. The second-order valence-corrected chi connectivity index (χ2v) is 17.0. The number of carbonyl (C=O) groups is 3. The molecule has 14 nitrogen and oxygen atoms in total. The van der Waals surface area contributed by atoms with E-state index in [0.29, 0.717) is 87.1 Å². The first-order chi connectivity index (χ1) is 31.5. The van der Waals surface area contributed by atoms with Crippen molar-refractivity contribution in [3.05, 3.63) is 124 Å². The summed E-state index contributed by atoms with van der Waals surface area (Å²) in [5.74, 6) is 0.789. The van der Waals surface area contributed by atoms with Gasteiger partial charge in [0.2, 0.25) is 5.89 Å². The van der Waals surface area contributed by atoms with Crippen molar-refractivity contribution in [1.82, 2.24) is 29.8 Å². The van der Waals surface area contributed by atoms with E-state index >= 15 is 4.39 Å². The molecule has 2 N–H and O–H groups in total. The summed E-state index contributed by atoms with van der Waals surface area (Å²) >= 11 is 12.8. The number of aromatic amines is 1. The molecule has 17 heteroatoms. The molecule has 328 valence electrons. The lowest BCUT2D eigenvalue weighted by Gasteiger charge is -2.32. The molecule has 3 atom stereocenters. The number of methoxy groups -OCH3 is 2. The molecule has 4 aromatic heterocycles. The van der Waals surface area contributed by atoms with E-state index in [9.17, 15) is 14.4 Å². The van der Waals surface area contributed by atoms with Crippen molar-refractivity contribution >= 4 is 79.3 Å². The minimum atomic E-state index is -0.742. The lowest BCUT2D eigenvalue weighted by atomic mass is 10.1. The number of oxazole rings is 1. The molecule has 8 aromatic rings. The van der Waals surface area contributed by atoms with Crippen LogP contribution in [0.4, 0.5) is 14.9 Å². The second-order valence-electron chi connectivity index (χ2n) is 16.3. The Bertz CT molecular complexity index is 3250. The van der Waals surface area contributed by atoms with Crippen LogP contribution >= 0.6 is 23.2 Å². The third kappa shape index (κ3) is 7.19. The summed E-state index contributed by atoms with van der Waals surface area (Å²) in [7, 11) is 3.09. The molecule has 0 spiro atoms.